The molecule has 2 aromatic rings. The predicted molar refractivity (Wildman–Crippen MR) is 89.6 cm³/mol. The lowest BCUT2D eigenvalue weighted by atomic mass is 9.96. The highest BCUT2D eigenvalue weighted by Gasteiger charge is 2.36. The highest BCUT2D eigenvalue weighted by molar-refractivity contribution is 8.22. The summed E-state index contributed by atoms with van der Waals surface area (Å²) in [5.41, 5.74) is 0.626. The molecule has 122 valence electrons. The Morgan fingerprint density at radius 1 is 1.48 bits per heavy atom. The molecule has 8 heteroatoms. The highest BCUT2D eigenvalue weighted by Crippen LogP contribution is 2.30. The second kappa shape index (κ2) is 6.52. The minimum atomic E-state index is -1.49. The monoisotopic (exact) mass is 355 g/mol. The molecule has 1 aliphatic heterocycles. The van der Waals surface area contributed by atoms with Crippen LogP contribution in [0.5, 0.6) is 0 Å². The van der Waals surface area contributed by atoms with Gasteiger partial charge in [-0.2, -0.15) is 5.10 Å². The van der Waals surface area contributed by atoms with Crippen molar-refractivity contribution in [2.45, 2.75) is 25.1 Å². The van der Waals surface area contributed by atoms with Crippen molar-refractivity contribution in [2.75, 3.05) is 12.9 Å². The minimum Gasteiger partial charge on any atom is -0.475 e. The van der Waals surface area contributed by atoms with Crippen LogP contribution in [0.1, 0.15) is 12.1 Å². The number of hydrogen-bond donors (Lipinski definition) is 0. The number of aryl methyl sites for hydroxylation is 1. The molecule has 3 heterocycles. The molecule has 0 aromatic carbocycles. The third-order valence-corrected chi connectivity index (χ3v) is 4.80. The Morgan fingerprint density at radius 2 is 2.30 bits per heavy atom. The Hall–Kier alpha value is -1.54. The molecule has 4 nitrogen and oxygen atoms in total. The summed E-state index contributed by atoms with van der Waals surface area (Å²) in [6.45, 7) is 0.0383. The zero-order valence-electron chi connectivity index (χ0n) is 12.5. The molecular formula is C15H15F2N3OS2. The lowest BCUT2D eigenvalue weighted by molar-refractivity contribution is 0.0417. The Bertz CT molecular complexity index is 720. The number of rotatable bonds is 3. The van der Waals surface area contributed by atoms with Gasteiger partial charge in [0.2, 0.25) is 4.38 Å². The van der Waals surface area contributed by atoms with Gasteiger partial charge in [0.1, 0.15) is 18.1 Å². The molecule has 0 fully saturated rings. The van der Waals surface area contributed by atoms with Crippen molar-refractivity contribution in [1.82, 2.24) is 14.8 Å². The van der Waals surface area contributed by atoms with Crippen LogP contribution in [0.3, 0.4) is 0 Å². The number of nitrogens with zero attached hydrogens (tertiary/aromatic N) is 3. The first-order valence-electron chi connectivity index (χ1n) is 7.07. The van der Waals surface area contributed by atoms with Gasteiger partial charge in [0.15, 0.2) is 5.67 Å². The maximum Gasteiger partial charge on any atom is 0.219 e. The van der Waals surface area contributed by atoms with Gasteiger partial charge in [0, 0.05) is 5.69 Å². The van der Waals surface area contributed by atoms with E-state index >= 15 is 0 Å². The lowest BCUT2D eigenvalue weighted by Gasteiger charge is -2.29. The summed E-state index contributed by atoms with van der Waals surface area (Å²) in [7, 11) is 0. The molecule has 1 atom stereocenters. The van der Waals surface area contributed by atoms with Gasteiger partial charge in [-0.05, 0) is 49.5 Å². The molecule has 0 amide bonds. The number of pyridine rings is 1. The number of halogens is 2. The number of hydrogen-bond acceptors (Lipinski definition) is 5. The Balaban J connectivity index is 1.76. The third-order valence-electron chi connectivity index (χ3n) is 3.73. The van der Waals surface area contributed by atoms with Crippen LogP contribution in [0.15, 0.2) is 24.4 Å². The van der Waals surface area contributed by atoms with E-state index in [1.807, 2.05) is 6.07 Å². The summed E-state index contributed by atoms with van der Waals surface area (Å²) in [5, 5.41) is 4.39. The van der Waals surface area contributed by atoms with Crippen molar-refractivity contribution in [3.63, 3.8) is 0 Å². The van der Waals surface area contributed by atoms with E-state index < -0.39 is 11.5 Å². The van der Waals surface area contributed by atoms with Crippen LogP contribution in [0.4, 0.5) is 8.78 Å². The summed E-state index contributed by atoms with van der Waals surface area (Å²) in [6.07, 6.45) is 3.85. The second-order valence-corrected chi connectivity index (χ2v) is 6.84. The first kappa shape index (κ1) is 16.3. The molecule has 0 spiro atoms. The number of ether oxygens (including phenoxy) is 1. The molecule has 0 N–H and O–H groups in total. The molecule has 1 unspecified atom stereocenters. The Labute approximate surface area is 142 Å². The summed E-state index contributed by atoms with van der Waals surface area (Å²) in [6, 6.07) is 4.76. The average molecular weight is 355 g/mol. The molecule has 0 radical (unpaired) electrons. The van der Waals surface area contributed by atoms with E-state index in [4.69, 9.17) is 17.0 Å². The summed E-state index contributed by atoms with van der Waals surface area (Å²) >= 11 is 6.22. The van der Waals surface area contributed by atoms with Crippen LogP contribution >= 0.6 is 24.0 Å². The van der Waals surface area contributed by atoms with Crippen LogP contribution in [0, 0.1) is 5.82 Å². The van der Waals surface area contributed by atoms with Gasteiger partial charge in [-0.15, -0.1) is 0 Å². The Morgan fingerprint density at radius 3 is 3.00 bits per heavy atom. The van der Waals surface area contributed by atoms with Crippen LogP contribution in [0.2, 0.25) is 0 Å². The zero-order valence-corrected chi connectivity index (χ0v) is 14.1. The van der Waals surface area contributed by atoms with Crippen molar-refractivity contribution in [3.05, 3.63) is 35.9 Å². The molecule has 1 aliphatic rings. The van der Waals surface area contributed by atoms with Crippen molar-refractivity contribution >= 4 is 28.4 Å². The molecule has 0 saturated heterocycles. The van der Waals surface area contributed by atoms with Crippen molar-refractivity contribution in [3.8, 4) is 11.4 Å². The fourth-order valence-electron chi connectivity index (χ4n) is 2.51. The fourth-order valence-corrected chi connectivity index (χ4v) is 2.75. The Kier molecular flexibility index (Phi) is 4.63. The van der Waals surface area contributed by atoms with E-state index in [0.717, 1.165) is 11.9 Å². The second-order valence-electron chi connectivity index (χ2n) is 5.43. The SMILES string of the molecule is CSC(=S)OCC1(F)CCc2cc(-c3ccc(F)cn3)nn2C1. The topological polar surface area (TPSA) is 39.9 Å². The number of thioether (sulfide) groups is 1. The van der Waals surface area contributed by atoms with E-state index in [2.05, 4.69) is 10.1 Å². The first-order valence-corrected chi connectivity index (χ1v) is 8.71. The van der Waals surface area contributed by atoms with E-state index in [1.54, 1.807) is 17.0 Å². The van der Waals surface area contributed by atoms with Crippen molar-refractivity contribution in [2.24, 2.45) is 0 Å². The van der Waals surface area contributed by atoms with Gasteiger partial charge in [-0.1, -0.05) is 11.8 Å². The third kappa shape index (κ3) is 3.69. The van der Waals surface area contributed by atoms with E-state index in [1.165, 1.54) is 17.8 Å². The maximum atomic E-state index is 14.9. The molecular weight excluding hydrogens is 340 g/mol. The normalized spacial score (nSPS) is 20.1. The van der Waals surface area contributed by atoms with Crippen LogP contribution < -0.4 is 0 Å². The smallest absolute Gasteiger partial charge is 0.219 e. The van der Waals surface area contributed by atoms with Crippen molar-refractivity contribution < 1.29 is 13.5 Å². The zero-order chi connectivity index (χ0) is 16.4. The summed E-state index contributed by atoms with van der Waals surface area (Å²) in [5.74, 6) is -0.401. The van der Waals surface area contributed by atoms with Gasteiger partial charge in [-0.25, -0.2) is 8.78 Å². The first-order chi connectivity index (χ1) is 11.0. The lowest BCUT2D eigenvalue weighted by Crippen LogP contribution is -2.40. The molecule has 0 aliphatic carbocycles. The predicted octanol–water partition coefficient (Wildman–Crippen LogP) is 3.40. The van der Waals surface area contributed by atoms with Crippen LogP contribution in [-0.4, -0.2) is 37.7 Å². The molecule has 23 heavy (non-hydrogen) atoms. The highest BCUT2D eigenvalue weighted by atomic mass is 32.2. The maximum absolute atomic E-state index is 14.9. The molecule has 3 rings (SSSR count). The fraction of sp³-hybridized carbons (Fsp3) is 0.400. The minimum absolute atomic E-state index is 0.0733. The summed E-state index contributed by atoms with van der Waals surface area (Å²) < 4.78 is 35.1. The van der Waals surface area contributed by atoms with Gasteiger partial charge in [0.05, 0.1) is 18.4 Å². The van der Waals surface area contributed by atoms with Gasteiger partial charge in [0.25, 0.3) is 0 Å². The van der Waals surface area contributed by atoms with Gasteiger partial charge >= 0.3 is 0 Å². The van der Waals surface area contributed by atoms with Crippen molar-refractivity contribution in [1.29, 1.82) is 0 Å². The number of thiocarbonyl (C=S) groups is 1. The number of alkyl halides is 1. The summed E-state index contributed by atoms with van der Waals surface area (Å²) in [4.78, 5) is 4.01. The molecule has 0 saturated carbocycles. The van der Waals surface area contributed by atoms with Crippen LogP contribution in [0.25, 0.3) is 11.4 Å². The van der Waals surface area contributed by atoms with Gasteiger partial charge < -0.3 is 4.74 Å². The average Bonchev–Trinajstić information content (AvgIpc) is 2.96. The van der Waals surface area contributed by atoms with Crippen LogP contribution in [-0.2, 0) is 17.7 Å². The number of fused-ring (bicyclic) bond motifs is 1. The van der Waals surface area contributed by atoms with E-state index in [9.17, 15) is 8.78 Å². The number of aromatic nitrogens is 3. The van der Waals surface area contributed by atoms with Gasteiger partial charge in [-0.3, -0.25) is 9.67 Å². The van der Waals surface area contributed by atoms with E-state index in [0.29, 0.717) is 28.6 Å². The van der Waals surface area contributed by atoms with E-state index in [-0.39, 0.29) is 13.2 Å². The largest absolute Gasteiger partial charge is 0.475 e. The standard InChI is InChI=1S/C15H15F2N3OS2/c1-23-14(22)21-9-15(17)5-4-11-6-13(19-20(11)8-15)12-3-2-10(16)7-18-12/h2-3,6-7H,4-5,8-9H2,1H3. The molecule has 0 bridgehead atoms. The molecule has 2 aromatic heterocycles. The quantitative estimate of drug-likeness (QED) is 0.789.